The van der Waals surface area contributed by atoms with Crippen molar-refractivity contribution < 1.29 is 9.18 Å². The van der Waals surface area contributed by atoms with E-state index in [0.717, 1.165) is 32.3 Å². The molecule has 3 N–H and O–H groups in total. The number of carbonyl (C=O) groups is 1. The summed E-state index contributed by atoms with van der Waals surface area (Å²) in [6, 6.07) is 2.83. The van der Waals surface area contributed by atoms with Gasteiger partial charge in [0.15, 0.2) is 0 Å². The number of rotatable bonds is 3. The largest absolute Gasteiger partial charge is 0.368 e. The number of nitrogens with zero attached hydrogens (tertiary/aromatic N) is 2. The lowest BCUT2D eigenvalue weighted by Gasteiger charge is -2.37. The van der Waals surface area contributed by atoms with Crippen LogP contribution in [0.2, 0.25) is 0 Å². The van der Waals surface area contributed by atoms with E-state index in [9.17, 15) is 9.18 Å². The quantitative estimate of drug-likeness (QED) is 0.821. The summed E-state index contributed by atoms with van der Waals surface area (Å²) in [6.45, 7) is 4.93. The zero-order valence-electron chi connectivity index (χ0n) is 11.0. The smallest absolute Gasteiger partial charge is 0.243 e. The van der Waals surface area contributed by atoms with Crippen LogP contribution in [-0.4, -0.2) is 42.0 Å². The Morgan fingerprint density at radius 1 is 1.47 bits per heavy atom. The fourth-order valence-electron chi connectivity index (χ4n) is 2.40. The Balaban J connectivity index is 2.35. The van der Waals surface area contributed by atoms with Crippen molar-refractivity contribution in [2.24, 2.45) is 5.73 Å². The Morgan fingerprint density at radius 3 is 2.89 bits per heavy atom. The van der Waals surface area contributed by atoms with Crippen LogP contribution in [0.3, 0.4) is 0 Å². The van der Waals surface area contributed by atoms with Gasteiger partial charge in [0.25, 0.3) is 0 Å². The molecule has 1 amide bonds. The summed E-state index contributed by atoms with van der Waals surface area (Å²) in [6.07, 6.45) is 2.05. The molecular weight excluding hydrogens is 247 g/mol. The third-order valence-corrected chi connectivity index (χ3v) is 3.68. The molecule has 19 heavy (non-hydrogen) atoms. The van der Waals surface area contributed by atoms with Gasteiger partial charge in [-0.15, -0.1) is 0 Å². The number of aromatic nitrogens is 1. The topological polar surface area (TPSA) is 71.2 Å². The molecule has 0 saturated carbocycles. The number of hydrogen-bond donors (Lipinski definition) is 2. The van der Waals surface area contributed by atoms with E-state index >= 15 is 0 Å². The molecule has 1 atom stereocenters. The van der Waals surface area contributed by atoms with Crippen molar-refractivity contribution in [3.8, 4) is 0 Å². The van der Waals surface area contributed by atoms with Gasteiger partial charge in [-0.3, -0.25) is 14.7 Å². The molecule has 1 aromatic rings. The molecule has 1 saturated heterocycles. The molecule has 0 aromatic carbocycles. The minimum atomic E-state index is -1.00. The third kappa shape index (κ3) is 2.74. The maximum absolute atomic E-state index is 13.0. The van der Waals surface area contributed by atoms with Crippen molar-refractivity contribution in [1.82, 2.24) is 15.2 Å². The van der Waals surface area contributed by atoms with Gasteiger partial charge in [0, 0.05) is 19.6 Å². The van der Waals surface area contributed by atoms with E-state index in [1.165, 1.54) is 12.1 Å². The van der Waals surface area contributed by atoms with Crippen LogP contribution in [0.5, 0.6) is 0 Å². The first-order valence-electron chi connectivity index (χ1n) is 6.43. The van der Waals surface area contributed by atoms with Crippen LogP contribution in [0.25, 0.3) is 0 Å². The molecule has 1 aliphatic rings. The summed E-state index contributed by atoms with van der Waals surface area (Å²) in [7, 11) is 0. The minimum absolute atomic E-state index is 0.423. The zero-order valence-corrected chi connectivity index (χ0v) is 11.0. The monoisotopic (exact) mass is 266 g/mol. The Kier molecular flexibility index (Phi) is 4.11. The lowest BCUT2D eigenvalue weighted by molar-refractivity contribution is -0.130. The third-order valence-electron chi connectivity index (χ3n) is 3.68. The van der Waals surface area contributed by atoms with Gasteiger partial charge in [-0.25, -0.2) is 4.39 Å². The average Bonchev–Trinajstić information content (AvgIpc) is 2.67. The number of nitrogens with two attached hydrogens (primary N) is 1. The molecule has 0 aliphatic carbocycles. The summed E-state index contributed by atoms with van der Waals surface area (Å²) in [5.41, 5.74) is 5.08. The number of primary amides is 1. The fraction of sp³-hybridized carbons (Fsp3) is 0.538. The molecule has 1 aromatic heterocycles. The maximum atomic E-state index is 13.0. The lowest BCUT2D eigenvalue weighted by atomic mass is 9.93. The Morgan fingerprint density at radius 2 is 2.26 bits per heavy atom. The summed E-state index contributed by atoms with van der Waals surface area (Å²) < 4.78 is 13.0. The second-order valence-corrected chi connectivity index (χ2v) is 4.89. The predicted octanol–water partition coefficient (Wildman–Crippen LogP) is 0.217. The Labute approximate surface area is 112 Å². The number of halogens is 1. The zero-order chi connectivity index (χ0) is 13.9. The normalized spacial score (nSPS) is 20.5. The first-order valence-corrected chi connectivity index (χ1v) is 6.43. The molecule has 0 spiro atoms. The van der Waals surface area contributed by atoms with Crippen molar-refractivity contribution in [2.45, 2.75) is 18.9 Å². The van der Waals surface area contributed by atoms with Crippen LogP contribution in [0.1, 0.15) is 19.0 Å². The van der Waals surface area contributed by atoms with E-state index in [4.69, 9.17) is 5.73 Å². The van der Waals surface area contributed by atoms with Crippen molar-refractivity contribution >= 4 is 5.91 Å². The summed E-state index contributed by atoms with van der Waals surface area (Å²) in [4.78, 5) is 18.0. The van der Waals surface area contributed by atoms with Gasteiger partial charge in [0.1, 0.15) is 11.4 Å². The van der Waals surface area contributed by atoms with Crippen LogP contribution in [0.4, 0.5) is 4.39 Å². The van der Waals surface area contributed by atoms with Crippen molar-refractivity contribution in [3.63, 3.8) is 0 Å². The van der Waals surface area contributed by atoms with E-state index < -0.39 is 17.3 Å². The lowest BCUT2D eigenvalue weighted by Crippen LogP contribution is -2.54. The van der Waals surface area contributed by atoms with Gasteiger partial charge in [-0.05, 0) is 32.0 Å². The number of pyridine rings is 1. The molecule has 2 heterocycles. The summed E-state index contributed by atoms with van der Waals surface area (Å²) >= 11 is 0. The Hall–Kier alpha value is -1.53. The molecule has 1 aliphatic heterocycles. The fourth-order valence-corrected chi connectivity index (χ4v) is 2.40. The maximum Gasteiger partial charge on any atom is 0.243 e. The van der Waals surface area contributed by atoms with Crippen molar-refractivity contribution in [3.05, 3.63) is 29.8 Å². The van der Waals surface area contributed by atoms with Crippen LogP contribution >= 0.6 is 0 Å². The first-order chi connectivity index (χ1) is 9.05. The van der Waals surface area contributed by atoms with Gasteiger partial charge in [-0.1, -0.05) is 0 Å². The highest BCUT2D eigenvalue weighted by Gasteiger charge is 2.40. The molecule has 1 fully saturated rings. The molecule has 5 nitrogen and oxygen atoms in total. The van der Waals surface area contributed by atoms with E-state index in [0.29, 0.717) is 12.2 Å². The van der Waals surface area contributed by atoms with Crippen molar-refractivity contribution in [2.75, 3.05) is 26.2 Å². The van der Waals surface area contributed by atoms with E-state index in [1.807, 2.05) is 4.90 Å². The van der Waals surface area contributed by atoms with Crippen molar-refractivity contribution in [1.29, 1.82) is 0 Å². The Bertz CT molecular complexity index is 442. The molecule has 0 bridgehead atoms. The first kappa shape index (κ1) is 13.9. The second-order valence-electron chi connectivity index (χ2n) is 4.89. The minimum Gasteiger partial charge on any atom is -0.368 e. The molecular formula is C13H19FN4O. The number of nitrogens with one attached hydrogen (secondary N) is 1. The highest BCUT2D eigenvalue weighted by molar-refractivity contribution is 5.85. The standard InChI is InChI=1S/C13H19FN4O/c1-13(12(15)19,11-4-3-10(14)9-17-11)18-7-2-5-16-6-8-18/h3-4,9,16H,2,5-8H2,1H3,(H2,15,19). The second kappa shape index (κ2) is 5.63. The molecule has 6 heteroatoms. The average molecular weight is 266 g/mol. The molecule has 0 radical (unpaired) electrons. The van der Waals surface area contributed by atoms with E-state index in [2.05, 4.69) is 10.3 Å². The highest BCUT2D eigenvalue weighted by atomic mass is 19.1. The number of carbonyl (C=O) groups excluding carboxylic acids is 1. The number of hydrogen-bond acceptors (Lipinski definition) is 4. The van der Waals surface area contributed by atoms with Gasteiger partial charge < -0.3 is 11.1 Å². The van der Waals surface area contributed by atoms with Crippen LogP contribution in [-0.2, 0) is 10.3 Å². The predicted molar refractivity (Wildman–Crippen MR) is 69.8 cm³/mol. The van der Waals surface area contributed by atoms with Crippen LogP contribution in [0, 0.1) is 5.82 Å². The van der Waals surface area contributed by atoms with Gasteiger partial charge in [-0.2, -0.15) is 0 Å². The summed E-state index contributed by atoms with van der Waals surface area (Å²) in [5.74, 6) is -0.887. The molecule has 104 valence electrons. The summed E-state index contributed by atoms with van der Waals surface area (Å²) in [5, 5.41) is 3.27. The number of amides is 1. The van der Waals surface area contributed by atoms with Gasteiger partial charge >= 0.3 is 0 Å². The molecule has 2 rings (SSSR count). The van der Waals surface area contributed by atoms with Gasteiger partial charge in [0.05, 0.1) is 11.9 Å². The van der Waals surface area contributed by atoms with Crippen LogP contribution < -0.4 is 11.1 Å². The van der Waals surface area contributed by atoms with Crippen LogP contribution in [0.15, 0.2) is 18.3 Å². The van der Waals surface area contributed by atoms with E-state index in [-0.39, 0.29) is 0 Å². The molecule has 1 unspecified atom stereocenters. The van der Waals surface area contributed by atoms with E-state index in [1.54, 1.807) is 6.92 Å². The highest BCUT2D eigenvalue weighted by Crippen LogP contribution is 2.27. The SMILES string of the molecule is CC(C(N)=O)(c1ccc(F)cn1)N1CCCNCC1. The van der Waals surface area contributed by atoms with Gasteiger partial charge in [0.2, 0.25) is 5.91 Å².